The predicted octanol–water partition coefficient (Wildman–Crippen LogP) is 3.47. The summed E-state index contributed by atoms with van der Waals surface area (Å²) < 4.78 is 0. The Hall–Kier alpha value is -0.240. The summed E-state index contributed by atoms with van der Waals surface area (Å²) in [5.41, 5.74) is 0.542. The van der Waals surface area contributed by atoms with E-state index in [-0.39, 0.29) is 0 Å². The van der Waals surface area contributed by atoms with Gasteiger partial charge in [-0.1, -0.05) is 35.3 Å². The Morgan fingerprint density at radius 2 is 2.00 bits per heavy atom. The van der Waals surface area contributed by atoms with Gasteiger partial charge < -0.3 is 4.79 Å². The van der Waals surface area contributed by atoms with Crippen molar-refractivity contribution in [3.8, 4) is 0 Å². The number of rotatable bonds is 2. The molecule has 0 aliphatic heterocycles. The minimum atomic E-state index is -0.726. The number of carbonyl (C=O) groups excluding carboxylic acids is 1. The van der Waals surface area contributed by atoms with E-state index in [0.717, 1.165) is 0 Å². The lowest BCUT2D eigenvalue weighted by molar-refractivity contribution is -0.107. The number of alkyl halides is 1. The molecule has 12 heavy (non-hydrogen) atoms. The van der Waals surface area contributed by atoms with Gasteiger partial charge in [0, 0.05) is 0 Å². The van der Waals surface area contributed by atoms with Crippen molar-refractivity contribution in [2.24, 2.45) is 0 Å². The molecule has 0 spiro atoms. The predicted molar refractivity (Wildman–Crippen MR) is 51.1 cm³/mol. The molecule has 0 heterocycles. The Morgan fingerprint density at radius 1 is 1.33 bits per heavy atom. The topological polar surface area (TPSA) is 17.1 Å². The highest BCUT2D eigenvalue weighted by atomic mass is 35.5. The molecule has 1 atom stereocenters. The Bertz CT molecular complexity index is 298. The lowest BCUT2D eigenvalue weighted by Gasteiger charge is -2.05. The molecule has 0 aromatic heterocycles. The Labute approximate surface area is 85.2 Å². The number of aldehydes is 1. The third-order valence-electron chi connectivity index (χ3n) is 1.40. The molecule has 1 aromatic carbocycles. The maximum Gasteiger partial charge on any atom is 0.142 e. The molecule has 0 aliphatic rings. The second kappa shape index (κ2) is 4.13. The molecular weight excluding hydrogens is 218 g/mol. The van der Waals surface area contributed by atoms with Crippen molar-refractivity contribution in [1.29, 1.82) is 0 Å². The van der Waals surface area contributed by atoms with Gasteiger partial charge in [0.05, 0.1) is 10.0 Å². The molecule has 4 heteroatoms. The van der Waals surface area contributed by atoms with Crippen LogP contribution >= 0.6 is 34.8 Å². The molecule has 0 saturated heterocycles. The van der Waals surface area contributed by atoms with Gasteiger partial charge in [0.25, 0.3) is 0 Å². The van der Waals surface area contributed by atoms with E-state index in [9.17, 15) is 4.79 Å². The van der Waals surface area contributed by atoms with Crippen LogP contribution in [0.3, 0.4) is 0 Å². The summed E-state index contributed by atoms with van der Waals surface area (Å²) >= 11 is 17.2. The molecule has 0 N–H and O–H groups in total. The van der Waals surface area contributed by atoms with Gasteiger partial charge in [0.1, 0.15) is 11.7 Å². The van der Waals surface area contributed by atoms with Crippen LogP contribution in [0.5, 0.6) is 0 Å². The van der Waals surface area contributed by atoms with Crippen LogP contribution < -0.4 is 0 Å². The summed E-state index contributed by atoms with van der Waals surface area (Å²) in [5.74, 6) is 0. The molecule has 0 bridgehead atoms. The summed E-state index contributed by atoms with van der Waals surface area (Å²) in [6, 6.07) is 5.00. The van der Waals surface area contributed by atoms with Gasteiger partial charge >= 0.3 is 0 Å². The fraction of sp³-hybridized carbons (Fsp3) is 0.125. The van der Waals surface area contributed by atoms with E-state index >= 15 is 0 Å². The monoisotopic (exact) mass is 222 g/mol. The summed E-state index contributed by atoms with van der Waals surface area (Å²) in [6.45, 7) is 0. The largest absolute Gasteiger partial charge is 0.301 e. The fourth-order valence-corrected chi connectivity index (χ4v) is 1.47. The van der Waals surface area contributed by atoms with Gasteiger partial charge in [-0.3, -0.25) is 0 Å². The van der Waals surface area contributed by atoms with E-state index in [0.29, 0.717) is 21.9 Å². The van der Waals surface area contributed by atoms with Crippen molar-refractivity contribution in [3.05, 3.63) is 33.8 Å². The summed E-state index contributed by atoms with van der Waals surface area (Å²) in [7, 11) is 0. The highest BCUT2D eigenvalue weighted by molar-refractivity contribution is 6.43. The summed E-state index contributed by atoms with van der Waals surface area (Å²) in [5, 5.41) is 0.0177. The van der Waals surface area contributed by atoms with Crippen LogP contribution in [0.15, 0.2) is 18.2 Å². The Balaban J connectivity index is 3.15. The van der Waals surface area contributed by atoms with E-state index in [1.54, 1.807) is 18.2 Å². The van der Waals surface area contributed by atoms with Crippen LogP contribution in [0.2, 0.25) is 10.0 Å². The Kier molecular flexibility index (Phi) is 3.39. The molecule has 1 aromatic rings. The average Bonchev–Trinajstić information content (AvgIpc) is 2.08. The minimum absolute atomic E-state index is 0.339. The average molecular weight is 223 g/mol. The van der Waals surface area contributed by atoms with Crippen LogP contribution in [0.1, 0.15) is 10.9 Å². The molecule has 1 unspecified atom stereocenters. The first-order chi connectivity index (χ1) is 5.66. The normalized spacial score (nSPS) is 12.6. The van der Waals surface area contributed by atoms with Crippen molar-refractivity contribution in [1.82, 2.24) is 0 Å². The van der Waals surface area contributed by atoms with Gasteiger partial charge in [0.15, 0.2) is 0 Å². The number of hydrogen-bond donors (Lipinski definition) is 0. The Morgan fingerprint density at radius 3 is 2.58 bits per heavy atom. The van der Waals surface area contributed by atoms with E-state index in [4.69, 9.17) is 34.8 Å². The van der Waals surface area contributed by atoms with Crippen LogP contribution in [0, 0.1) is 0 Å². The second-order valence-corrected chi connectivity index (χ2v) is 3.44. The standard InChI is InChI=1S/C8H5Cl3O/c9-6-3-1-2-5(8(6)11)7(10)4-12/h1-4,7H. The van der Waals surface area contributed by atoms with Gasteiger partial charge in [-0.2, -0.15) is 0 Å². The lowest BCUT2D eigenvalue weighted by Crippen LogP contribution is -1.92. The van der Waals surface area contributed by atoms with Gasteiger partial charge in [-0.05, 0) is 11.6 Å². The molecule has 0 aliphatic carbocycles. The molecule has 0 saturated carbocycles. The number of carbonyl (C=O) groups is 1. The minimum Gasteiger partial charge on any atom is -0.301 e. The van der Waals surface area contributed by atoms with Gasteiger partial charge in [-0.25, -0.2) is 0 Å². The number of benzene rings is 1. The first kappa shape index (κ1) is 9.85. The van der Waals surface area contributed by atoms with Crippen LogP contribution in [0.25, 0.3) is 0 Å². The summed E-state index contributed by atoms with van der Waals surface area (Å²) in [6.07, 6.45) is 0.610. The molecule has 64 valence electrons. The zero-order valence-electron chi connectivity index (χ0n) is 5.93. The van der Waals surface area contributed by atoms with Crippen LogP contribution in [-0.4, -0.2) is 6.29 Å². The zero-order chi connectivity index (χ0) is 9.14. The second-order valence-electron chi connectivity index (χ2n) is 2.18. The van der Waals surface area contributed by atoms with Crippen LogP contribution in [0.4, 0.5) is 0 Å². The zero-order valence-corrected chi connectivity index (χ0v) is 8.20. The van der Waals surface area contributed by atoms with E-state index in [1.807, 2.05) is 0 Å². The number of hydrogen-bond acceptors (Lipinski definition) is 1. The van der Waals surface area contributed by atoms with Crippen molar-refractivity contribution in [2.75, 3.05) is 0 Å². The summed E-state index contributed by atoms with van der Waals surface area (Å²) in [4.78, 5) is 10.3. The molecule has 1 rings (SSSR count). The van der Waals surface area contributed by atoms with E-state index in [1.165, 1.54) is 0 Å². The third-order valence-corrected chi connectivity index (χ3v) is 2.57. The SMILES string of the molecule is O=CC(Cl)c1cccc(Cl)c1Cl. The number of halogens is 3. The maximum absolute atomic E-state index is 10.3. The molecule has 0 fully saturated rings. The van der Waals surface area contributed by atoms with Crippen LogP contribution in [-0.2, 0) is 4.79 Å². The van der Waals surface area contributed by atoms with Crippen molar-refractivity contribution in [2.45, 2.75) is 5.38 Å². The fourth-order valence-electron chi connectivity index (χ4n) is 0.807. The first-order valence-electron chi connectivity index (χ1n) is 3.20. The van der Waals surface area contributed by atoms with Gasteiger partial charge in [-0.15, -0.1) is 11.6 Å². The molecule has 1 nitrogen and oxygen atoms in total. The first-order valence-corrected chi connectivity index (χ1v) is 4.39. The third kappa shape index (κ3) is 1.92. The van der Waals surface area contributed by atoms with Crippen molar-refractivity contribution < 1.29 is 4.79 Å². The lowest BCUT2D eigenvalue weighted by atomic mass is 10.2. The molecule has 0 radical (unpaired) electrons. The van der Waals surface area contributed by atoms with E-state index in [2.05, 4.69) is 0 Å². The molecule has 0 amide bonds. The van der Waals surface area contributed by atoms with Crippen molar-refractivity contribution >= 4 is 41.1 Å². The highest BCUT2D eigenvalue weighted by Crippen LogP contribution is 2.31. The smallest absolute Gasteiger partial charge is 0.142 e. The molecular formula is C8H5Cl3O. The highest BCUT2D eigenvalue weighted by Gasteiger charge is 2.11. The maximum atomic E-state index is 10.3. The van der Waals surface area contributed by atoms with E-state index < -0.39 is 5.38 Å². The van der Waals surface area contributed by atoms with Gasteiger partial charge in [0.2, 0.25) is 0 Å². The quantitative estimate of drug-likeness (QED) is 0.554. The van der Waals surface area contributed by atoms with Crippen molar-refractivity contribution in [3.63, 3.8) is 0 Å².